The first kappa shape index (κ1) is 18.5. The van der Waals surface area contributed by atoms with E-state index in [-0.39, 0.29) is 29.1 Å². The summed E-state index contributed by atoms with van der Waals surface area (Å²) in [4.78, 5) is 40.8. The highest BCUT2D eigenvalue weighted by molar-refractivity contribution is 6.09. The molecule has 2 aliphatic rings. The van der Waals surface area contributed by atoms with Crippen LogP contribution in [0.25, 0.3) is 0 Å². The first-order chi connectivity index (χ1) is 13.2. The van der Waals surface area contributed by atoms with E-state index in [0.29, 0.717) is 34.5 Å². The Labute approximate surface area is 164 Å². The SMILES string of the molecule is Cc1c(C(=O)Nc2cccc(C(=O)NC3CC3)c2)[nH]c2c1C(=O)CC(C)(C)C2. The van der Waals surface area contributed by atoms with Crippen LogP contribution in [-0.4, -0.2) is 28.6 Å². The molecule has 1 saturated carbocycles. The lowest BCUT2D eigenvalue weighted by Crippen LogP contribution is -2.26. The Hall–Kier alpha value is -2.89. The van der Waals surface area contributed by atoms with Crippen molar-refractivity contribution in [2.75, 3.05) is 5.32 Å². The van der Waals surface area contributed by atoms with Gasteiger partial charge in [-0.15, -0.1) is 0 Å². The number of carbonyl (C=O) groups excluding carboxylic acids is 3. The van der Waals surface area contributed by atoms with E-state index in [1.807, 2.05) is 0 Å². The average Bonchev–Trinajstić information content (AvgIpc) is 3.35. The molecule has 0 unspecified atom stereocenters. The third-order valence-electron chi connectivity index (χ3n) is 5.42. The molecule has 146 valence electrons. The number of aromatic amines is 1. The molecule has 0 atom stereocenters. The van der Waals surface area contributed by atoms with Crippen LogP contribution in [-0.2, 0) is 6.42 Å². The minimum atomic E-state index is -0.308. The largest absolute Gasteiger partial charge is 0.354 e. The first-order valence-corrected chi connectivity index (χ1v) is 9.70. The Morgan fingerprint density at radius 3 is 2.61 bits per heavy atom. The molecule has 1 aromatic heterocycles. The number of benzene rings is 1. The Morgan fingerprint density at radius 2 is 1.89 bits per heavy atom. The Kier molecular flexibility index (Phi) is 4.37. The highest BCUT2D eigenvalue weighted by Crippen LogP contribution is 2.36. The number of anilines is 1. The van der Waals surface area contributed by atoms with Gasteiger partial charge in [0.1, 0.15) is 5.69 Å². The number of amides is 2. The van der Waals surface area contributed by atoms with Gasteiger partial charge in [0, 0.05) is 35.0 Å². The summed E-state index contributed by atoms with van der Waals surface area (Å²) in [7, 11) is 0. The standard InChI is InChI=1S/C22H25N3O3/c1-12-18-16(10-22(2,3)11-17(18)26)25-19(12)21(28)24-15-6-4-5-13(9-15)20(27)23-14-7-8-14/h4-6,9,14,25H,7-8,10-11H2,1-3H3,(H,23,27)(H,24,28). The molecule has 3 N–H and O–H groups in total. The van der Waals surface area contributed by atoms with Crippen LogP contribution in [0.1, 0.15) is 75.6 Å². The van der Waals surface area contributed by atoms with E-state index in [9.17, 15) is 14.4 Å². The molecule has 4 rings (SSSR count). The van der Waals surface area contributed by atoms with Crippen molar-refractivity contribution in [2.24, 2.45) is 5.41 Å². The highest BCUT2D eigenvalue weighted by Gasteiger charge is 2.35. The number of fused-ring (bicyclic) bond motifs is 1. The Balaban J connectivity index is 1.55. The molecule has 2 aliphatic carbocycles. The molecule has 2 amide bonds. The third kappa shape index (κ3) is 3.59. The van der Waals surface area contributed by atoms with Gasteiger partial charge < -0.3 is 15.6 Å². The van der Waals surface area contributed by atoms with E-state index in [4.69, 9.17) is 0 Å². The van der Waals surface area contributed by atoms with Crippen molar-refractivity contribution >= 4 is 23.3 Å². The van der Waals surface area contributed by atoms with E-state index in [1.54, 1.807) is 31.2 Å². The van der Waals surface area contributed by atoms with Gasteiger partial charge in [-0.25, -0.2) is 0 Å². The van der Waals surface area contributed by atoms with Crippen molar-refractivity contribution in [2.45, 2.75) is 52.5 Å². The lowest BCUT2D eigenvalue weighted by molar-refractivity contribution is 0.0909. The minimum absolute atomic E-state index is 0.0813. The van der Waals surface area contributed by atoms with Crippen molar-refractivity contribution in [3.05, 3.63) is 52.3 Å². The molecular weight excluding hydrogens is 354 g/mol. The first-order valence-electron chi connectivity index (χ1n) is 9.70. The number of aromatic nitrogens is 1. The van der Waals surface area contributed by atoms with Gasteiger partial charge >= 0.3 is 0 Å². The monoisotopic (exact) mass is 379 g/mol. The van der Waals surface area contributed by atoms with Gasteiger partial charge in [-0.1, -0.05) is 19.9 Å². The van der Waals surface area contributed by atoms with Gasteiger partial charge in [-0.3, -0.25) is 14.4 Å². The lowest BCUT2D eigenvalue weighted by Gasteiger charge is -2.28. The second-order valence-corrected chi connectivity index (χ2v) is 8.70. The Morgan fingerprint density at radius 1 is 1.14 bits per heavy atom. The number of nitrogens with one attached hydrogen (secondary N) is 3. The van der Waals surface area contributed by atoms with Crippen molar-refractivity contribution in [1.29, 1.82) is 0 Å². The summed E-state index contributed by atoms with van der Waals surface area (Å²) in [6.45, 7) is 5.92. The van der Waals surface area contributed by atoms with Gasteiger partial charge in [0.15, 0.2) is 5.78 Å². The highest BCUT2D eigenvalue weighted by atomic mass is 16.2. The molecule has 0 aliphatic heterocycles. The van der Waals surface area contributed by atoms with Crippen LogP contribution in [0.4, 0.5) is 5.69 Å². The normalized spacial score (nSPS) is 17.8. The van der Waals surface area contributed by atoms with Crippen LogP contribution in [0.3, 0.4) is 0 Å². The third-order valence-corrected chi connectivity index (χ3v) is 5.42. The van der Waals surface area contributed by atoms with Crippen molar-refractivity contribution in [3.8, 4) is 0 Å². The number of carbonyl (C=O) groups is 3. The van der Waals surface area contributed by atoms with E-state index in [1.165, 1.54) is 0 Å². The van der Waals surface area contributed by atoms with Gasteiger partial charge in [0.05, 0.1) is 0 Å². The summed E-state index contributed by atoms with van der Waals surface area (Å²) in [5.41, 5.74) is 3.54. The van der Waals surface area contributed by atoms with Gasteiger partial charge in [-0.2, -0.15) is 0 Å². The average molecular weight is 379 g/mol. The molecule has 28 heavy (non-hydrogen) atoms. The molecule has 0 radical (unpaired) electrons. The molecule has 6 nitrogen and oxygen atoms in total. The fraction of sp³-hybridized carbons (Fsp3) is 0.409. The van der Waals surface area contributed by atoms with Crippen LogP contribution in [0.5, 0.6) is 0 Å². The van der Waals surface area contributed by atoms with E-state index in [2.05, 4.69) is 29.5 Å². The topological polar surface area (TPSA) is 91.1 Å². The minimum Gasteiger partial charge on any atom is -0.354 e. The maximum absolute atomic E-state index is 12.8. The predicted molar refractivity (Wildman–Crippen MR) is 107 cm³/mol. The summed E-state index contributed by atoms with van der Waals surface area (Å²) in [6.07, 6.45) is 3.26. The molecular formula is C22H25N3O3. The van der Waals surface area contributed by atoms with Crippen LogP contribution in [0, 0.1) is 12.3 Å². The van der Waals surface area contributed by atoms with Gasteiger partial charge in [-0.05, 0) is 55.4 Å². The second-order valence-electron chi connectivity index (χ2n) is 8.70. The number of hydrogen-bond acceptors (Lipinski definition) is 3. The quantitative estimate of drug-likeness (QED) is 0.758. The summed E-state index contributed by atoms with van der Waals surface area (Å²) in [5, 5.41) is 5.79. The van der Waals surface area contributed by atoms with Gasteiger partial charge in [0.2, 0.25) is 0 Å². The number of H-pyrrole nitrogens is 1. The van der Waals surface area contributed by atoms with Crippen LogP contribution < -0.4 is 10.6 Å². The van der Waals surface area contributed by atoms with E-state index >= 15 is 0 Å². The second kappa shape index (κ2) is 6.62. The maximum Gasteiger partial charge on any atom is 0.272 e. The van der Waals surface area contributed by atoms with Crippen molar-refractivity contribution < 1.29 is 14.4 Å². The zero-order valence-electron chi connectivity index (χ0n) is 16.4. The van der Waals surface area contributed by atoms with Crippen LogP contribution in [0.15, 0.2) is 24.3 Å². The van der Waals surface area contributed by atoms with Crippen molar-refractivity contribution in [3.63, 3.8) is 0 Å². The van der Waals surface area contributed by atoms with Crippen LogP contribution in [0.2, 0.25) is 0 Å². The van der Waals surface area contributed by atoms with Crippen molar-refractivity contribution in [1.82, 2.24) is 10.3 Å². The molecule has 1 aromatic carbocycles. The Bertz CT molecular complexity index is 983. The number of rotatable bonds is 4. The number of ketones is 1. The zero-order chi connectivity index (χ0) is 20.1. The van der Waals surface area contributed by atoms with Gasteiger partial charge in [0.25, 0.3) is 11.8 Å². The summed E-state index contributed by atoms with van der Waals surface area (Å²) < 4.78 is 0. The fourth-order valence-electron chi connectivity index (χ4n) is 3.89. The zero-order valence-corrected chi connectivity index (χ0v) is 16.4. The predicted octanol–water partition coefficient (Wildman–Crippen LogP) is 3.62. The molecule has 0 saturated heterocycles. The molecule has 0 bridgehead atoms. The molecule has 2 aromatic rings. The molecule has 1 fully saturated rings. The molecule has 1 heterocycles. The van der Waals surface area contributed by atoms with E-state index < -0.39 is 0 Å². The summed E-state index contributed by atoms with van der Waals surface area (Å²) >= 11 is 0. The maximum atomic E-state index is 12.8. The molecule has 6 heteroatoms. The number of Topliss-reactive ketones (excluding diaryl/α,β-unsaturated/α-hetero) is 1. The smallest absolute Gasteiger partial charge is 0.272 e. The fourth-order valence-corrected chi connectivity index (χ4v) is 3.89. The van der Waals surface area contributed by atoms with Crippen LogP contribution >= 0.6 is 0 Å². The lowest BCUT2D eigenvalue weighted by atomic mass is 9.75. The summed E-state index contributed by atoms with van der Waals surface area (Å²) in [6, 6.07) is 7.17. The van der Waals surface area contributed by atoms with E-state index in [0.717, 1.165) is 25.0 Å². The molecule has 0 spiro atoms. The number of hydrogen-bond donors (Lipinski definition) is 3. The summed E-state index contributed by atoms with van der Waals surface area (Å²) in [5.74, 6) is -0.354.